The van der Waals surface area contributed by atoms with Crippen molar-refractivity contribution >= 4 is 29.3 Å². The molecule has 2 aromatic rings. The van der Waals surface area contributed by atoms with Crippen LogP contribution >= 0.6 is 11.6 Å². The molecule has 0 radical (unpaired) electrons. The van der Waals surface area contributed by atoms with Crippen LogP contribution in [0, 0.1) is 5.82 Å². The average molecular weight is 320 g/mol. The van der Waals surface area contributed by atoms with E-state index >= 15 is 0 Å². The Bertz CT molecular complexity index is 741. The molecule has 1 aliphatic heterocycles. The van der Waals surface area contributed by atoms with Crippen molar-refractivity contribution in [3.8, 4) is 11.5 Å². The van der Waals surface area contributed by atoms with Gasteiger partial charge in [0.25, 0.3) is 0 Å². The molecule has 1 N–H and O–H groups in total. The second-order valence-electron chi connectivity index (χ2n) is 4.53. The molecule has 0 bridgehead atoms. The molecule has 0 unspecified atom stereocenters. The molecule has 0 atom stereocenters. The van der Waals surface area contributed by atoms with E-state index < -0.39 is 11.7 Å². The standard InChI is InChI=1S/C16H11ClFNO3/c17-12-2-1-3-13(18)11(12)5-7-16(20)19-10-4-6-14-15(8-10)22-9-21-14/h1-8H,9H2,(H,19,20)/b7-5+. The molecule has 112 valence electrons. The molecule has 0 fully saturated rings. The Balaban J connectivity index is 1.71. The van der Waals surface area contributed by atoms with Crippen molar-refractivity contribution in [3.63, 3.8) is 0 Å². The third-order valence-electron chi connectivity index (χ3n) is 3.04. The fourth-order valence-corrected chi connectivity index (χ4v) is 2.21. The van der Waals surface area contributed by atoms with Gasteiger partial charge in [0.2, 0.25) is 12.7 Å². The van der Waals surface area contributed by atoms with Crippen molar-refractivity contribution in [1.29, 1.82) is 0 Å². The fraction of sp³-hybridized carbons (Fsp3) is 0.0625. The minimum Gasteiger partial charge on any atom is -0.454 e. The van der Waals surface area contributed by atoms with Gasteiger partial charge in [0.15, 0.2) is 11.5 Å². The minimum atomic E-state index is -0.486. The van der Waals surface area contributed by atoms with Crippen molar-refractivity contribution < 1.29 is 18.7 Å². The summed E-state index contributed by atoms with van der Waals surface area (Å²) < 4.78 is 24.0. The number of halogens is 2. The summed E-state index contributed by atoms with van der Waals surface area (Å²) in [6, 6.07) is 9.39. The number of carbonyl (C=O) groups is 1. The van der Waals surface area contributed by atoms with Crippen LogP contribution in [0.1, 0.15) is 5.56 Å². The lowest BCUT2D eigenvalue weighted by Crippen LogP contribution is -2.07. The molecule has 2 aromatic carbocycles. The number of hydrogen-bond donors (Lipinski definition) is 1. The first-order valence-electron chi connectivity index (χ1n) is 6.46. The summed E-state index contributed by atoms with van der Waals surface area (Å²) in [4.78, 5) is 11.9. The molecular weight excluding hydrogens is 309 g/mol. The summed E-state index contributed by atoms with van der Waals surface area (Å²) in [5.41, 5.74) is 0.725. The van der Waals surface area contributed by atoms with Gasteiger partial charge in [-0.1, -0.05) is 17.7 Å². The Morgan fingerprint density at radius 3 is 2.86 bits per heavy atom. The molecule has 1 amide bonds. The van der Waals surface area contributed by atoms with Crippen LogP contribution in [0.15, 0.2) is 42.5 Å². The third-order valence-corrected chi connectivity index (χ3v) is 3.37. The summed E-state index contributed by atoms with van der Waals surface area (Å²) in [7, 11) is 0. The highest BCUT2D eigenvalue weighted by atomic mass is 35.5. The summed E-state index contributed by atoms with van der Waals surface area (Å²) in [5.74, 6) is 0.309. The lowest BCUT2D eigenvalue weighted by atomic mass is 10.2. The molecule has 0 aromatic heterocycles. The van der Waals surface area contributed by atoms with Gasteiger partial charge in [-0.05, 0) is 30.3 Å². The quantitative estimate of drug-likeness (QED) is 0.874. The predicted octanol–water partition coefficient (Wildman–Crippen LogP) is 3.86. The second-order valence-corrected chi connectivity index (χ2v) is 4.93. The van der Waals surface area contributed by atoms with Crippen LogP contribution in [0.5, 0.6) is 11.5 Å². The summed E-state index contributed by atoms with van der Waals surface area (Å²) >= 11 is 5.88. The van der Waals surface area contributed by atoms with Crippen LogP contribution in [0.2, 0.25) is 5.02 Å². The van der Waals surface area contributed by atoms with Gasteiger partial charge in [0.05, 0.1) is 5.02 Å². The number of carbonyl (C=O) groups excluding carboxylic acids is 1. The molecule has 0 aliphatic carbocycles. The number of rotatable bonds is 3. The smallest absolute Gasteiger partial charge is 0.248 e. The Morgan fingerprint density at radius 2 is 2.05 bits per heavy atom. The van der Waals surface area contributed by atoms with E-state index in [1.54, 1.807) is 24.3 Å². The lowest BCUT2D eigenvalue weighted by molar-refractivity contribution is -0.111. The highest BCUT2D eigenvalue weighted by Gasteiger charge is 2.13. The molecule has 6 heteroatoms. The van der Waals surface area contributed by atoms with Crippen molar-refractivity contribution in [2.75, 3.05) is 12.1 Å². The lowest BCUT2D eigenvalue weighted by Gasteiger charge is -2.04. The number of fused-ring (bicyclic) bond motifs is 1. The molecule has 22 heavy (non-hydrogen) atoms. The van der Waals surface area contributed by atoms with E-state index in [1.165, 1.54) is 24.3 Å². The SMILES string of the molecule is O=C(/C=C/c1c(F)cccc1Cl)Nc1ccc2c(c1)OCO2. The van der Waals surface area contributed by atoms with E-state index in [9.17, 15) is 9.18 Å². The maximum Gasteiger partial charge on any atom is 0.248 e. The molecule has 1 aliphatic rings. The van der Waals surface area contributed by atoms with Gasteiger partial charge in [-0.25, -0.2) is 4.39 Å². The normalized spacial score (nSPS) is 12.6. The van der Waals surface area contributed by atoms with Gasteiger partial charge < -0.3 is 14.8 Å². The highest BCUT2D eigenvalue weighted by Crippen LogP contribution is 2.34. The van der Waals surface area contributed by atoms with Crippen LogP contribution in [-0.4, -0.2) is 12.7 Å². The minimum absolute atomic E-state index is 0.165. The number of benzene rings is 2. The van der Waals surface area contributed by atoms with E-state index in [2.05, 4.69) is 5.32 Å². The molecule has 0 saturated carbocycles. The predicted molar refractivity (Wildman–Crippen MR) is 81.6 cm³/mol. The molecule has 1 heterocycles. The zero-order valence-corrected chi connectivity index (χ0v) is 12.1. The summed E-state index contributed by atoms with van der Waals surface area (Å²) in [6.07, 6.45) is 2.55. The van der Waals surface area contributed by atoms with E-state index in [-0.39, 0.29) is 17.4 Å². The molecule has 0 spiro atoms. The van der Waals surface area contributed by atoms with Crippen LogP contribution in [0.4, 0.5) is 10.1 Å². The van der Waals surface area contributed by atoms with Crippen LogP contribution in [0.3, 0.4) is 0 Å². The van der Waals surface area contributed by atoms with Gasteiger partial charge in [-0.2, -0.15) is 0 Å². The molecule has 4 nitrogen and oxygen atoms in total. The number of ether oxygens (including phenoxy) is 2. The maximum atomic E-state index is 13.6. The van der Waals surface area contributed by atoms with E-state index in [0.29, 0.717) is 17.2 Å². The monoisotopic (exact) mass is 319 g/mol. The first-order chi connectivity index (χ1) is 10.6. The van der Waals surface area contributed by atoms with Crippen molar-refractivity contribution in [3.05, 3.63) is 58.9 Å². The van der Waals surface area contributed by atoms with Crippen LogP contribution in [-0.2, 0) is 4.79 Å². The fourth-order valence-electron chi connectivity index (χ4n) is 1.99. The van der Waals surface area contributed by atoms with Crippen molar-refractivity contribution in [2.24, 2.45) is 0 Å². The first kappa shape index (κ1) is 14.4. The summed E-state index contributed by atoms with van der Waals surface area (Å²) in [5, 5.41) is 2.90. The third kappa shape index (κ3) is 3.04. The van der Waals surface area contributed by atoms with Crippen LogP contribution < -0.4 is 14.8 Å². The second kappa shape index (κ2) is 6.07. The van der Waals surface area contributed by atoms with Crippen molar-refractivity contribution in [1.82, 2.24) is 0 Å². The van der Waals surface area contributed by atoms with Crippen LogP contribution in [0.25, 0.3) is 6.08 Å². The van der Waals surface area contributed by atoms with E-state index in [1.807, 2.05) is 0 Å². The largest absolute Gasteiger partial charge is 0.454 e. The Morgan fingerprint density at radius 1 is 1.23 bits per heavy atom. The summed E-state index contributed by atoms with van der Waals surface area (Å²) in [6.45, 7) is 0.165. The Kier molecular flexibility index (Phi) is 3.98. The van der Waals surface area contributed by atoms with E-state index in [0.717, 1.165) is 0 Å². The zero-order chi connectivity index (χ0) is 15.5. The highest BCUT2D eigenvalue weighted by molar-refractivity contribution is 6.32. The van der Waals surface area contributed by atoms with E-state index in [4.69, 9.17) is 21.1 Å². The molecule has 0 saturated heterocycles. The van der Waals surface area contributed by atoms with Crippen molar-refractivity contribution in [2.45, 2.75) is 0 Å². The van der Waals surface area contributed by atoms with Gasteiger partial charge in [0, 0.05) is 23.4 Å². The van der Waals surface area contributed by atoms with Gasteiger partial charge >= 0.3 is 0 Å². The van der Waals surface area contributed by atoms with Gasteiger partial charge in [0.1, 0.15) is 5.82 Å². The molecular formula is C16H11ClFNO3. The first-order valence-corrected chi connectivity index (χ1v) is 6.84. The average Bonchev–Trinajstić information content (AvgIpc) is 2.94. The Hall–Kier alpha value is -2.53. The van der Waals surface area contributed by atoms with Gasteiger partial charge in [-0.3, -0.25) is 4.79 Å². The maximum absolute atomic E-state index is 13.6. The zero-order valence-electron chi connectivity index (χ0n) is 11.3. The Labute approximate surface area is 131 Å². The molecule has 3 rings (SSSR count). The van der Waals surface area contributed by atoms with Gasteiger partial charge in [-0.15, -0.1) is 0 Å². The number of hydrogen-bond acceptors (Lipinski definition) is 3. The number of anilines is 1. The topological polar surface area (TPSA) is 47.6 Å². The number of amides is 1. The number of nitrogens with one attached hydrogen (secondary N) is 1.